The van der Waals surface area contributed by atoms with Gasteiger partial charge in [0, 0.05) is 19.5 Å². The lowest BCUT2D eigenvalue weighted by molar-refractivity contribution is -0.129. The molecule has 0 bridgehead atoms. The standard InChI is InChI=1S/C25H30N2O6/c1-16(18-5-7-21-23(13-18)33-11-10-32-21)26-25(29)19-14-24(28)27(15-19)9-8-17-4-6-20(30-2)22(12-17)31-3/h4-7,12-13,16,19H,8-11,14-15H2,1-3H3,(H,26,29)/t16-,19+/m1/s1. The van der Waals surface area contributed by atoms with Crippen LogP contribution in [0.1, 0.15) is 30.5 Å². The van der Waals surface area contributed by atoms with Crippen LogP contribution in [0.4, 0.5) is 0 Å². The number of rotatable bonds is 8. The normalized spacial score (nSPS) is 18.1. The second-order valence-electron chi connectivity index (χ2n) is 8.31. The summed E-state index contributed by atoms with van der Waals surface area (Å²) in [6, 6.07) is 11.2. The number of likely N-dealkylation sites (tertiary alicyclic amines) is 1. The summed E-state index contributed by atoms with van der Waals surface area (Å²) in [6.45, 7) is 3.95. The molecule has 176 valence electrons. The van der Waals surface area contributed by atoms with E-state index in [9.17, 15) is 9.59 Å². The maximum Gasteiger partial charge on any atom is 0.225 e. The Balaban J connectivity index is 1.31. The summed E-state index contributed by atoms with van der Waals surface area (Å²) < 4.78 is 21.8. The molecule has 2 aromatic carbocycles. The highest BCUT2D eigenvalue weighted by atomic mass is 16.6. The largest absolute Gasteiger partial charge is 0.493 e. The number of hydrogen-bond acceptors (Lipinski definition) is 6. The van der Waals surface area contributed by atoms with Crippen molar-refractivity contribution >= 4 is 11.8 Å². The van der Waals surface area contributed by atoms with Crippen molar-refractivity contribution in [2.75, 3.05) is 40.5 Å². The molecular weight excluding hydrogens is 424 g/mol. The Labute approximate surface area is 193 Å². The molecule has 2 aliphatic heterocycles. The molecule has 0 spiro atoms. The highest BCUT2D eigenvalue weighted by molar-refractivity contribution is 5.89. The zero-order chi connectivity index (χ0) is 23.4. The van der Waals surface area contributed by atoms with Crippen LogP contribution in [0.15, 0.2) is 36.4 Å². The first-order valence-corrected chi connectivity index (χ1v) is 11.2. The van der Waals surface area contributed by atoms with Crippen molar-refractivity contribution in [1.29, 1.82) is 0 Å². The first-order valence-electron chi connectivity index (χ1n) is 11.2. The molecule has 1 N–H and O–H groups in total. The Morgan fingerprint density at radius 2 is 1.85 bits per heavy atom. The van der Waals surface area contributed by atoms with Crippen LogP contribution in [0.25, 0.3) is 0 Å². The van der Waals surface area contributed by atoms with Crippen LogP contribution in [0.5, 0.6) is 23.0 Å². The lowest BCUT2D eigenvalue weighted by atomic mass is 10.0. The van der Waals surface area contributed by atoms with Gasteiger partial charge in [0.1, 0.15) is 13.2 Å². The fourth-order valence-corrected chi connectivity index (χ4v) is 4.21. The van der Waals surface area contributed by atoms with Crippen LogP contribution in [0.3, 0.4) is 0 Å². The molecule has 2 aromatic rings. The number of carbonyl (C=O) groups excluding carboxylic acids is 2. The molecule has 2 aliphatic rings. The van der Waals surface area contributed by atoms with Gasteiger partial charge in [-0.05, 0) is 48.7 Å². The van der Waals surface area contributed by atoms with Crippen molar-refractivity contribution in [2.24, 2.45) is 5.92 Å². The number of nitrogens with one attached hydrogen (secondary N) is 1. The van der Waals surface area contributed by atoms with Gasteiger partial charge in [-0.25, -0.2) is 0 Å². The van der Waals surface area contributed by atoms with Crippen LogP contribution in [-0.2, 0) is 16.0 Å². The van der Waals surface area contributed by atoms with E-state index in [1.165, 1.54) is 0 Å². The van der Waals surface area contributed by atoms with Crippen LogP contribution in [-0.4, -0.2) is 57.2 Å². The number of nitrogens with zero attached hydrogens (tertiary/aromatic N) is 1. The van der Waals surface area contributed by atoms with E-state index in [4.69, 9.17) is 18.9 Å². The van der Waals surface area contributed by atoms with Gasteiger partial charge in [0.25, 0.3) is 0 Å². The van der Waals surface area contributed by atoms with E-state index in [1.54, 1.807) is 19.1 Å². The van der Waals surface area contributed by atoms with E-state index < -0.39 is 0 Å². The van der Waals surface area contributed by atoms with Gasteiger partial charge in [-0.2, -0.15) is 0 Å². The molecule has 2 amide bonds. The monoisotopic (exact) mass is 454 g/mol. The summed E-state index contributed by atoms with van der Waals surface area (Å²) >= 11 is 0. The summed E-state index contributed by atoms with van der Waals surface area (Å²) in [6.07, 6.45) is 0.902. The predicted molar refractivity (Wildman–Crippen MR) is 122 cm³/mol. The average molecular weight is 455 g/mol. The minimum atomic E-state index is -0.359. The molecule has 4 rings (SSSR count). The van der Waals surface area contributed by atoms with E-state index in [-0.39, 0.29) is 30.2 Å². The van der Waals surface area contributed by atoms with Gasteiger partial charge in [0.05, 0.1) is 26.2 Å². The van der Waals surface area contributed by atoms with Gasteiger partial charge in [-0.3, -0.25) is 9.59 Å². The molecule has 0 aliphatic carbocycles. The third-order valence-electron chi connectivity index (χ3n) is 6.13. The van der Waals surface area contributed by atoms with Crippen molar-refractivity contribution in [1.82, 2.24) is 10.2 Å². The molecule has 0 unspecified atom stereocenters. The molecule has 1 fully saturated rings. The third-order valence-corrected chi connectivity index (χ3v) is 6.13. The van der Waals surface area contributed by atoms with Crippen LogP contribution >= 0.6 is 0 Å². The molecule has 0 aromatic heterocycles. The van der Waals surface area contributed by atoms with E-state index in [2.05, 4.69) is 5.32 Å². The number of carbonyl (C=O) groups is 2. The Morgan fingerprint density at radius 1 is 1.09 bits per heavy atom. The van der Waals surface area contributed by atoms with E-state index in [0.29, 0.717) is 50.0 Å². The molecule has 33 heavy (non-hydrogen) atoms. The molecule has 2 atom stereocenters. The van der Waals surface area contributed by atoms with Crippen LogP contribution in [0.2, 0.25) is 0 Å². The Bertz CT molecular complexity index is 1020. The van der Waals surface area contributed by atoms with E-state index in [0.717, 1.165) is 16.9 Å². The summed E-state index contributed by atoms with van der Waals surface area (Å²) in [4.78, 5) is 27.1. The Morgan fingerprint density at radius 3 is 2.61 bits per heavy atom. The fourth-order valence-electron chi connectivity index (χ4n) is 4.21. The zero-order valence-corrected chi connectivity index (χ0v) is 19.3. The Hall–Kier alpha value is -3.42. The quantitative estimate of drug-likeness (QED) is 0.660. The van der Waals surface area contributed by atoms with Gasteiger partial charge in [0.15, 0.2) is 23.0 Å². The smallest absolute Gasteiger partial charge is 0.225 e. The first-order chi connectivity index (χ1) is 16.0. The zero-order valence-electron chi connectivity index (χ0n) is 19.3. The van der Waals surface area contributed by atoms with Crippen molar-refractivity contribution in [3.8, 4) is 23.0 Å². The lowest BCUT2D eigenvalue weighted by Crippen LogP contribution is -2.35. The van der Waals surface area contributed by atoms with Gasteiger partial charge in [0.2, 0.25) is 11.8 Å². The molecule has 1 saturated heterocycles. The topological polar surface area (TPSA) is 86.3 Å². The van der Waals surface area contributed by atoms with Crippen molar-refractivity contribution in [3.05, 3.63) is 47.5 Å². The van der Waals surface area contributed by atoms with E-state index in [1.807, 2.05) is 43.3 Å². The highest BCUT2D eigenvalue weighted by Crippen LogP contribution is 2.33. The maximum absolute atomic E-state index is 12.9. The predicted octanol–water partition coefficient (Wildman–Crippen LogP) is 2.74. The Kier molecular flexibility index (Phi) is 6.91. The SMILES string of the molecule is COc1ccc(CCN2C[C@@H](C(=O)N[C@H](C)c3ccc4c(c3)OCCO4)CC2=O)cc1OC. The number of hydrogen-bond donors (Lipinski definition) is 1. The van der Waals surface area contributed by atoms with Gasteiger partial charge in [-0.1, -0.05) is 12.1 Å². The molecule has 2 heterocycles. The number of benzene rings is 2. The molecular formula is C25H30N2O6. The number of ether oxygens (including phenoxy) is 4. The summed E-state index contributed by atoms with van der Waals surface area (Å²) in [5.74, 6) is 2.27. The van der Waals surface area contributed by atoms with E-state index >= 15 is 0 Å². The number of fused-ring (bicyclic) bond motifs is 1. The summed E-state index contributed by atoms with van der Waals surface area (Å²) in [7, 11) is 3.20. The minimum Gasteiger partial charge on any atom is -0.493 e. The molecule has 8 nitrogen and oxygen atoms in total. The molecule has 8 heteroatoms. The van der Waals surface area contributed by atoms with Gasteiger partial charge in [-0.15, -0.1) is 0 Å². The number of methoxy groups -OCH3 is 2. The highest BCUT2D eigenvalue weighted by Gasteiger charge is 2.34. The maximum atomic E-state index is 12.9. The molecule has 0 saturated carbocycles. The van der Waals surface area contributed by atoms with Crippen molar-refractivity contribution in [3.63, 3.8) is 0 Å². The summed E-state index contributed by atoms with van der Waals surface area (Å²) in [5, 5.41) is 3.04. The minimum absolute atomic E-state index is 0.00242. The number of amides is 2. The molecule has 0 radical (unpaired) electrons. The van der Waals surface area contributed by atoms with Crippen LogP contribution < -0.4 is 24.3 Å². The fraction of sp³-hybridized carbons (Fsp3) is 0.440. The second kappa shape index (κ2) is 10.0. The lowest BCUT2D eigenvalue weighted by Gasteiger charge is -2.22. The summed E-state index contributed by atoms with van der Waals surface area (Å²) in [5.41, 5.74) is 1.97. The van der Waals surface area contributed by atoms with Gasteiger partial charge >= 0.3 is 0 Å². The second-order valence-corrected chi connectivity index (χ2v) is 8.31. The van der Waals surface area contributed by atoms with Crippen molar-refractivity contribution in [2.45, 2.75) is 25.8 Å². The van der Waals surface area contributed by atoms with Gasteiger partial charge < -0.3 is 29.2 Å². The van der Waals surface area contributed by atoms with Crippen LogP contribution in [0, 0.1) is 5.92 Å². The average Bonchev–Trinajstić information content (AvgIpc) is 3.22. The first kappa shape index (κ1) is 22.8. The van der Waals surface area contributed by atoms with Crippen molar-refractivity contribution < 1.29 is 28.5 Å². The third kappa shape index (κ3) is 5.16.